The van der Waals surface area contributed by atoms with Gasteiger partial charge in [-0.2, -0.15) is 0 Å². The van der Waals surface area contributed by atoms with E-state index in [9.17, 15) is 9.90 Å². The molecule has 1 aliphatic rings. The Kier molecular flexibility index (Phi) is 11.9. The van der Waals surface area contributed by atoms with Crippen LogP contribution in [-0.4, -0.2) is 63.0 Å². The van der Waals surface area contributed by atoms with Crippen molar-refractivity contribution in [3.63, 3.8) is 0 Å². The fourth-order valence-corrected chi connectivity index (χ4v) is 5.65. The van der Waals surface area contributed by atoms with Crippen molar-refractivity contribution in [2.24, 2.45) is 23.0 Å². The molecule has 8 heteroatoms. The maximum Gasteiger partial charge on any atom is 0.222 e. The predicted octanol–water partition coefficient (Wildman–Crippen LogP) is 4.75. The molecular weight excluding hydrogens is 471 g/mol. The van der Waals surface area contributed by atoms with E-state index in [2.05, 4.69) is 13.8 Å². The minimum Gasteiger partial charge on any atom is -0.385 e. The van der Waals surface area contributed by atoms with Gasteiger partial charge >= 0.3 is 0 Å². The first kappa shape index (κ1) is 30.0. The summed E-state index contributed by atoms with van der Waals surface area (Å²) in [5.41, 5.74) is 4.74. The van der Waals surface area contributed by atoms with E-state index in [0.717, 1.165) is 19.3 Å². The summed E-state index contributed by atoms with van der Waals surface area (Å²) in [4.78, 5) is 15.1. The van der Waals surface area contributed by atoms with E-state index < -0.39 is 11.4 Å². The maximum atomic E-state index is 15.1. The van der Waals surface area contributed by atoms with Crippen LogP contribution in [-0.2, 0) is 19.9 Å². The van der Waals surface area contributed by atoms with Crippen LogP contribution in [0.2, 0.25) is 5.02 Å². The highest BCUT2D eigenvalue weighted by Crippen LogP contribution is 2.42. The molecule has 1 saturated heterocycles. The minimum absolute atomic E-state index is 0.00832. The fraction of sp³-hybridized carbons (Fsp3) is 0.741. The van der Waals surface area contributed by atoms with Gasteiger partial charge in [-0.25, -0.2) is 4.39 Å². The normalized spacial score (nSPS) is 19.4. The number of aliphatic hydroxyl groups is 1. The van der Waals surface area contributed by atoms with Crippen molar-refractivity contribution in [2.75, 3.05) is 47.1 Å². The molecule has 35 heavy (non-hydrogen) atoms. The number of methoxy groups -OCH3 is 2. The van der Waals surface area contributed by atoms with Crippen molar-refractivity contribution >= 4 is 17.5 Å². The zero-order chi connectivity index (χ0) is 26.1. The maximum absolute atomic E-state index is 15.1. The van der Waals surface area contributed by atoms with Crippen LogP contribution in [0.5, 0.6) is 0 Å². The quantitative estimate of drug-likeness (QED) is 0.350. The number of unbranched alkanes of at least 4 members (excludes halogenated alkanes) is 1. The van der Waals surface area contributed by atoms with Gasteiger partial charge in [-0.1, -0.05) is 37.6 Å². The van der Waals surface area contributed by atoms with Crippen LogP contribution in [0, 0.1) is 23.1 Å². The standard InChI is InChI=1S/C27H44ClFN2O4/c1-26(2,19-35-4)16-20(17-30)15-24(32)31-13-8-9-21(18-31)27(33,12-5-6-14-34-3)22-10-7-11-23(28)25(22)29/h7,10-11,20-21,33H,5-6,8-9,12-19,30H2,1-4H3/t20-,21+,27-/m0/s1. The highest BCUT2D eigenvalue weighted by Gasteiger charge is 2.43. The van der Waals surface area contributed by atoms with Gasteiger partial charge in [-0.3, -0.25) is 4.79 Å². The van der Waals surface area contributed by atoms with Crippen molar-refractivity contribution in [1.82, 2.24) is 4.90 Å². The lowest BCUT2D eigenvalue weighted by atomic mass is 9.73. The zero-order valence-corrected chi connectivity index (χ0v) is 22.6. The lowest BCUT2D eigenvalue weighted by molar-refractivity contribution is -0.138. The molecule has 1 aromatic rings. The lowest BCUT2D eigenvalue weighted by Crippen LogP contribution is -2.49. The molecule has 0 aliphatic carbocycles. The molecule has 0 aromatic heterocycles. The SMILES string of the molecule is COCCCC[C@@](O)(c1cccc(Cl)c1F)[C@@H]1CCCN(C(=O)C[C@H](CN)CC(C)(C)COC)C1. The molecule has 0 saturated carbocycles. The highest BCUT2D eigenvalue weighted by molar-refractivity contribution is 6.30. The molecular formula is C27H44ClFN2O4. The number of halogens is 2. The molecule has 1 aliphatic heterocycles. The number of rotatable bonds is 14. The number of likely N-dealkylation sites (tertiary alicyclic amines) is 1. The van der Waals surface area contributed by atoms with Crippen LogP contribution in [0.3, 0.4) is 0 Å². The number of hydrogen-bond donors (Lipinski definition) is 2. The van der Waals surface area contributed by atoms with Crippen molar-refractivity contribution in [3.8, 4) is 0 Å². The van der Waals surface area contributed by atoms with E-state index in [1.807, 2.05) is 4.90 Å². The molecule has 0 spiro atoms. The Balaban J connectivity index is 2.19. The van der Waals surface area contributed by atoms with E-state index in [0.29, 0.717) is 58.5 Å². The van der Waals surface area contributed by atoms with Crippen LogP contribution in [0.1, 0.15) is 64.4 Å². The first-order chi connectivity index (χ1) is 16.6. The Morgan fingerprint density at radius 2 is 2.06 bits per heavy atom. The Bertz CT molecular complexity index is 809. The Morgan fingerprint density at radius 3 is 2.71 bits per heavy atom. The van der Waals surface area contributed by atoms with Crippen molar-refractivity contribution in [3.05, 3.63) is 34.6 Å². The number of carbonyl (C=O) groups is 1. The first-order valence-electron chi connectivity index (χ1n) is 12.7. The number of carbonyl (C=O) groups excluding carboxylic acids is 1. The molecule has 3 N–H and O–H groups in total. The van der Waals surface area contributed by atoms with Crippen molar-refractivity contribution in [1.29, 1.82) is 0 Å². The predicted molar refractivity (Wildman–Crippen MR) is 138 cm³/mol. The van der Waals surface area contributed by atoms with Gasteiger partial charge in [0, 0.05) is 51.8 Å². The van der Waals surface area contributed by atoms with Gasteiger partial charge in [-0.15, -0.1) is 0 Å². The van der Waals surface area contributed by atoms with Crippen molar-refractivity contribution < 1.29 is 23.8 Å². The van der Waals surface area contributed by atoms with Crippen LogP contribution in [0.4, 0.5) is 4.39 Å². The monoisotopic (exact) mass is 514 g/mol. The third-order valence-electron chi connectivity index (χ3n) is 7.20. The third kappa shape index (κ3) is 8.39. The summed E-state index contributed by atoms with van der Waals surface area (Å²) in [6.45, 7) is 6.84. The summed E-state index contributed by atoms with van der Waals surface area (Å²) in [6, 6.07) is 4.77. The van der Waals surface area contributed by atoms with Gasteiger partial charge < -0.3 is 25.2 Å². The summed E-state index contributed by atoms with van der Waals surface area (Å²) in [7, 11) is 3.32. The second-order valence-electron chi connectivity index (χ2n) is 10.8. The van der Waals surface area contributed by atoms with Gasteiger partial charge in [0.2, 0.25) is 5.91 Å². The number of nitrogens with zero attached hydrogens (tertiary/aromatic N) is 1. The molecule has 1 aromatic carbocycles. The second-order valence-corrected chi connectivity index (χ2v) is 11.2. The van der Waals surface area contributed by atoms with Crippen LogP contribution < -0.4 is 5.73 Å². The highest BCUT2D eigenvalue weighted by atomic mass is 35.5. The number of nitrogens with two attached hydrogens (primary N) is 1. The van der Waals surface area contributed by atoms with E-state index in [1.165, 1.54) is 6.07 Å². The number of amides is 1. The van der Waals surface area contributed by atoms with E-state index in [1.54, 1.807) is 26.4 Å². The summed E-state index contributed by atoms with van der Waals surface area (Å²) in [5, 5.41) is 11.9. The van der Waals surface area contributed by atoms with Gasteiger partial charge in [-0.05, 0) is 62.5 Å². The molecule has 1 heterocycles. The smallest absolute Gasteiger partial charge is 0.222 e. The average Bonchev–Trinajstić information content (AvgIpc) is 2.82. The Morgan fingerprint density at radius 1 is 1.31 bits per heavy atom. The van der Waals surface area contributed by atoms with Gasteiger partial charge in [0.15, 0.2) is 0 Å². The second kappa shape index (κ2) is 13.9. The molecule has 0 unspecified atom stereocenters. The molecule has 0 bridgehead atoms. The largest absolute Gasteiger partial charge is 0.385 e. The molecule has 2 rings (SSSR count). The summed E-state index contributed by atoms with van der Waals surface area (Å²) in [6.07, 6.45) is 4.40. The van der Waals surface area contributed by atoms with Crippen LogP contribution in [0.15, 0.2) is 18.2 Å². The van der Waals surface area contributed by atoms with E-state index >= 15 is 4.39 Å². The molecule has 0 radical (unpaired) electrons. The van der Waals surface area contributed by atoms with Gasteiger partial charge in [0.25, 0.3) is 0 Å². The number of hydrogen-bond acceptors (Lipinski definition) is 5. The fourth-order valence-electron chi connectivity index (χ4n) is 5.48. The minimum atomic E-state index is -1.42. The molecule has 200 valence electrons. The van der Waals surface area contributed by atoms with E-state index in [4.69, 9.17) is 26.8 Å². The van der Waals surface area contributed by atoms with Gasteiger partial charge in [0.1, 0.15) is 5.82 Å². The molecule has 6 nitrogen and oxygen atoms in total. The van der Waals surface area contributed by atoms with Crippen molar-refractivity contribution in [2.45, 2.75) is 64.4 Å². The van der Waals surface area contributed by atoms with Crippen LogP contribution >= 0.6 is 11.6 Å². The number of benzene rings is 1. The third-order valence-corrected chi connectivity index (χ3v) is 7.49. The first-order valence-corrected chi connectivity index (χ1v) is 13.1. The van der Waals surface area contributed by atoms with Gasteiger partial charge in [0.05, 0.1) is 17.2 Å². The molecule has 1 amide bonds. The molecule has 3 atom stereocenters. The number of ether oxygens (including phenoxy) is 2. The summed E-state index contributed by atoms with van der Waals surface area (Å²) >= 11 is 6.08. The Labute approximate surface area is 215 Å². The summed E-state index contributed by atoms with van der Waals surface area (Å²) < 4.78 is 25.6. The van der Waals surface area contributed by atoms with Crippen LogP contribution in [0.25, 0.3) is 0 Å². The Hall–Kier alpha value is -1.25. The van der Waals surface area contributed by atoms with E-state index in [-0.39, 0.29) is 33.7 Å². The topological polar surface area (TPSA) is 85.0 Å². The summed E-state index contributed by atoms with van der Waals surface area (Å²) in [5.74, 6) is -0.801. The zero-order valence-electron chi connectivity index (χ0n) is 21.8. The number of piperidine rings is 1. The lowest BCUT2D eigenvalue weighted by Gasteiger charge is -2.43. The molecule has 1 fully saturated rings. The average molecular weight is 515 g/mol.